The van der Waals surface area contributed by atoms with Gasteiger partial charge in [0, 0.05) is 17.4 Å². The van der Waals surface area contributed by atoms with Gasteiger partial charge in [-0.1, -0.05) is 18.2 Å². The molecule has 0 atom stereocenters. The van der Waals surface area contributed by atoms with Gasteiger partial charge in [-0.05, 0) is 31.2 Å². The second-order valence-corrected chi connectivity index (χ2v) is 4.59. The first kappa shape index (κ1) is 15.4. The van der Waals surface area contributed by atoms with Crippen LogP contribution in [0.3, 0.4) is 0 Å². The highest BCUT2D eigenvalue weighted by molar-refractivity contribution is 6.39. The highest BCUT2D eigenvalue weighted by atomic mass is 16.2. The first-order chi connectivity index (χ1) is 10.6. The Labute approximate surface area is 127 Å². The molecule has 112 valence electrons. The van der Waals surface area contributed by atoms with Crippen molar-refractivity contribution in [2.75, 3.05) is 5.32 Å². The second kappa shape index (κ2) is 7.12. The number of benzene rings is 1. The number of anilines is 1. The normalized spacial score (nSPS) is 9.86. The van der Waals surface area contributed by atoms with Gasteiger partial charge in [0.1, 0.15) is 0 Å². The van der Waals surface area contributed by atoms with E-state index < -0.39 is 11.8 Å². The molecule has 22 heavy (non-hydrogen) atoms. The van der Waals surface area contributed by atoms with Gasteiger partial charge in [0.15, 0.2) is 5.78 Å². The van der Waals surface area contributed by atoms with Crippen LogP contribution in [0.4, 0.5) is 5.69 Å². The number of Topliss-reactive ketones (excluding diaryl/α,β-unsaturated/α-hetero) is 1. The minimum absolute atomic E-state index is 0.115. The van der Waals surface area contributed by atoms with E-state index in [-0.39, 0.29) is 12.3 Å². The largest absolute Gasteiger partial charge is 0.342 e. The van der Waals surface area contributed by atoms with E-state index >= 15 is 0 Å². The van der Waals surface area contributed by atoms with E-state index in [1.54, 1.807) is 42.6 Å². The Hall–Kier alpha value is -3.02. The summed E-state index contributed by atoms with van der Waals surface area (Å²) in [4.78, 5) is 38.8. The van der Waals surface area contributed by atoms with E-state index in [4.69, 9.17) is 0 Å². The molecule has 1 aromatic heterocycles. The predicted octanol–water partition coefficient (Wildman–Crippen LogP) is 1.54. The number of ketones is 1. The quantitative estimate of drug-likeness (QED) is 0.662. The van der Waals surface area contributed by atoms with E-state index in [1.165, 1.54) is 13.0 Å². The fraction of sp³-hybridized carbons (Fsp3) is 0.125. The lowest BCUT2D eigenvalue weighted by Crippen LogP contribution is -2.35. The van der Waals surface area contributed by atoms with Crippen molar-refractivity contribution in [3.05, 3.63) is 59.9 Å². The summed E-state index contributed by atoms with van der Waals surface area (Å²) in [5.74, 6) is -1.67. The van der Waals surface area contributed by atoms with Crippen molar-refractivity contribution in [1.82, 2.24) is 10.3 Å². The number of hydrogen-bond donors (Lipinski definition) is 2. The van der Waals surface area contributed by atoms with Crippen LogP contribution >= 0.6 is 0 Å². The van der Waals surface area contributed by atoms with Gasteiger partial charge in [-0.25, -0.2) is 0 Å². The monoisotopic (exact) mass is 297 g/mol. The number of carbonyl (C=O) groups is 3. The zero-order valence-electron chi connectivity index (χ0n) is 12.0. The molecule has 0 aliphatic carbocycles. The highest BCUT2D eigenvalue weighted by Gasteiger charge is 2.14. The smallest absolute Gasteiger partial charge is 0.313 e. The summed E-state index contributed by atoms with van der Waals surface area (Å²) >= 11 is 0. The van der Waals surface area contributed by atoms with E-state index in [1.807, 2.05) is 0 Å². The molecule has 2 rings (SSSR count). The highest BCUT2D eigenvalue weighted by Crippen LogP contribution is 2.11. The van der Waals surface area contributed by atoms with Crippen LogP contribution in [0.2, 0.25) is 0 Å². The van der Waals surface area contributed by atoms with Gasteiger partial charge >= 0.3 is 11.8 Å². The molecule has 0 saturated carbocycles. The first-order valence-corrected chi connectivity index (χ1v) is 6.66. The van der Waals surface area contributed by atoms with Crippen molar-refractivity contribution in [2.45, 2.75) is 13.5 Å². The second-order valence-electron chi connectivity index (χ2n) is 4.59. The Morgan fingerprint density at radius 2 is 1.86 bits per heavy atom. The van der Waals surface area contributed by atoms with Crippen LogP contribution in [-0.2, 0) is 16.1 Å². The molecule has 2 amide bonds. The van der Waals surface area contributed by atoms with Crippen LogP contribution in [0.25, 0.3) is 0 Å². The molecule has 1 aromatic carbocycles. The van der Waals surface area contributed by atoms with Crippen LogP contribution in [0.15, 0.2) is 48.7 Å². The Kier molecular flexibility index (Phi) is 4.98. The third kappa shape index (κ3) is 4.24. The first-order valence-electron chi connectivity index (χ1n) is 6.66. The fourth-order valence-corrected chi connectivity index (χ4v) is 1.76. The van der Waals surface area contributed by atoms with Crippen LogP contribution in [-0.4, -0.2) is 22.6 Å². The number of carbonyl (C=O) groups excluding carboxylic acids is 3. The maximum Gasteiger partial charge on any atom is 0.313 e. The molecule has 0 aliphatic rings. The van der Waals surface area contributed by atoms with Crippen molar-refractivity contribution < 1.29 is 14.4 Å². The lowest BCUT2D eigenvalue weighted by atomic mass is 10.1. The lowest BCUT2D eigenvalue weighted by molar-refractivity contribution is -0.136. The zero-order chi connectivity index (χ0) is 15.9. The molecular weight excluding hydrogens is 282 g/mol. The molecule has 0 unspecified atom stereocenters. The molecule has 2 aromatic rings. The van der Waals surface area contributed by atoms with Crippen LogP contribution in [0, 0.1) is 0 Å². The van der Waals surface area contributed by atoms with E-state index in [2.05, 4.69) is 15.6 Å². The predicted molar refractivity (Wildman–Crippen MR) is 81.2 cm³/mol. The van der Waals surface area contributed by atoms with Gasteiger partial charge in [0.25, 0.3) is 0 Å². The average molecular weight is 297 g/mol. The van der Waals surface area contributed by atoms with Crippen LogP contribution < -0.4 is 10.6 Å². The summed E-state index contributed by atoms with van der Waals surface area (Å²) in [6.45, 7) is 1.60. The fourth-order valence-electron chi connectivity index (χ4n) is 1.76. The lowest BCUT2D eigenvalue weighted by Gasteiger charge is -2.07. The van der Waals surface area contributed by atoms with Gasteiger partial charge in [-0.2, -0.15) is 0 Å². The van der Waals surface area contributed by atoms with E-state index in [0.29, 0.717) is 16.9 Å². The molecule has 0 spiro atoms. The number of aromatic nitrogens is 1. The number of rotatable bonds is 4. The van der Waals surface area contributed by atoms with Crippen molar-refractivity contribution >= 4 is 23.3 Å². The minimum Gasteiger partial charge on any atom is -0.342 e. The summed E-state index contributed by atoms with van der Waals surface area (Å²) < 4.78 is 0. The summed E-state index contributed by atoms with van der Waals surface area (Å²) in [5, 5.41) is 4.93. The maximum atomic E-state index is 11.8. The van der Waals surface area contributed by atoms with E-state index in [0.717, 1.165) is 0 Å². The number of hydrogen-bond acceptors (Lipinski definition) is 4. The molecule has 6 nitrogen and oxygen atoms in total. The van der Waals surface area contributed by atoms with Crippen molar-refractivity contribution in [1.29, 1.82) is 0 Å². The molecule has 0 bridgehead atoms. The molecule has 0 radical (unpaired) electrons. The van der Waals surface area contributed by atoms with Crippen LogP contribution in [0.1, 0.15) is 23.0 Å². The topological polar surface area (TPSA) is 88.2 Å². The van der Waals surface area contributed by atoms with Gasteiger partial charge in [0.05, 0.1) is 12.2 Å². The average Bonchev–Trinajstić information content (AvgIpc) is 2.53. The Bertz CT molecular complexity index is 699. The summed E-state index contributed by atoms with van der Waals surface area (Å²) in [7, 11) is 0. The number of nitrogens with zero attached hydrogens (tertiary/aromatic N) is 1. The molecule has 1 heterocycles. The molecule has 2 N–H and O–H groups in total. The zero-order valence-corrected chi connectivity index (χ0v) is 12.0. The summed E-state index contributed by atoms with van der Waals surface area (Å²) in [6.07, 6.45) is 1.61. The molecule has 0 aliphatic heterocycles. The third-order valence-electron chi connectivity index (χ3n) is 2.89. The van der Waals surface area contributed by atoms with Gasteiger partial charge in [-0.3, -0.25) is 19.4 Å². The summed E-state index contributed by atoms with van der Waals surface area (Å²) in [6, 6.07) is 11.7. The standard InChI is InChI=1S/C16H15N3O3/c1-11(20)12-5-4-7-13(9-12)19-16(22)15(21)18-10-14-6-2-3-8-17-14/h2-9H,10H2,1H3,(H,18,21)(H,19,22). The van der Waals surface area contributed by atoms with Crippen molar-refractivity contribution in [2.24, 2.45) is 0 Å². The van der Waals surface area contributed by atoms with Crippen LogP contribution in [0.5, 0.6) is 0 Å². The third-order valence-corrected chi connectivity index (χ3v) is 2.89. The van der Waals surface area contributed by atoms with Gasteiger partial charge in [0.2, 0.25) is 0 Å². The molecular formula is C16H15N3O3. The van der Waals surface area contributed by atoms with Crippen molar-refractivity contribution in [3.63, 3.8) is 0 Å². The number of amides is 2. The maximum absolute atomic E-state index is 11.8. The molecule has 0 saturated heterocycles. The molecule has 6 heteroatoms. The Morgan fingerprint density at radius 3 is 2.55 bits per heavy atom. The van der Waals surface area contributed by atoms with Gasteiger partial charge in [-0.15, -0.1) is 0 Å². The minimum atomic E-state index is -0.795. The Morgan fingerprint density at radius 1 is 1.05 bits per heavy atom. The molecule has 0 fully saturated rings. The van der Waals surface area contributed by atoms with Gasteiger partial charge < -0.3 is 10.6 Å². The number of pyridine rings is 1. The summed E-state index contributed by atoms with van der Waals surface area (Å²) in [5.41, 5.74) is 1.51. The van der Waals surface area contributed by atoms with Crippen molar-refractivity contribution in [3.8, 4) is 0 Å². The Balaban J connectivity index is 1.92. The van der Waals surface area contributed by atoms with E-state index in [9.17, 15) is 14.4 Å². The SMILES string of the molecule is CC(=O)c1cccc(NC(=O)C(=O)NCc2ccccn2)c1. The number of nitrogens with one attached hydrogen (secondary N) is 2.